The monoisotopic (exact) mass is 497 g/mol. The molecule has 2 aromatic carbocycles. The molecular weight excluding hydrogens is 465 g/mol. The Labute approximate surface area is 207 Å². The average Bonchev–Trinajstić information content (AvgIpc) is 3.30. The molecule has 4 rings (SSSR count). The minimum absolute atomic E-state index is 0.0336. The molecule has 186 valence electrons. The van der Waals surface area contributed by atoms with Crippen molar-refractivity contribution < 1.29 is 17.6 Å². The molecule has 0 aliphatic carbocycles. The molecule has 0 saturated carbocycles. The first-order chi connectivity index (χ1) is 16.6. The van der Waals surface area contributed by atoms with Crippen LogP contribution in [-0.2, 0) is 21.4 Å². The van der Waals surface area contributed by atoms with Crippen molar-refractivity contribution in [2.45, 2.75) is 57.1 Å². The second-order valence-corrected chi connectivity index (χ2v) is 11.4. The van der Waals surface area contributed by atoms with E-state index in [9.17, 15) is 17.6 Å². The lowest BCUT2D eigenvalue weighted by Gasteiger charge is -2.39. The van der Waals surface area contributed by atoms with Crippen LogP contribution in [0.4, 0.5) is 4.39 Å². The summed E-state index contributed by atoms with van der Waals surface area (Å²) in [6, 6.07) is 16.2. The molecule has 1 unspecified atom stereocenters. The standard InChI is InChI=1S/C27H32FN3O3S/c1-19(2)21-7-9-22(10-8-21)27-25-6-5-15-29(25)16-17-30(27)26(32)18-31(20(3)4)35(33,34)24-13-11-23(28)12-14-24/h5-15,19-20,27H,16-18H2,1-4H3. The molecule has 8 heteroatoms. The van der Waals surface area contributed by atoms with E-state index in [2.05, 4.69) is 42.7 Å². The van der Waals surface area contributed by atoms with E-state index in [1.165, 1.54) is 22.0 Å². The molecule has 1 amide bonds. The van der Waals surface area contributed by atoms with Crippen molar-refractivity contribution in [2.75, 3.05) is 13.1 Å². The molecule has 1 aliphatic heterocycles. The summed E-state index contributed by atoms with van der Waals surface area (Å²) in [6.45, 7) is 8.56. The Morgan fingerprint density at radius 2 is 1.66 bits per heavy atom. The number of rotatable bonds is 7. The van der Waals surface area contributed by atoms with E-state index in [1.807, 2.05) is 18.3 Å². The van der Waals surface area contributed by atoms with Crippen LogP contribution in [-0.4, -0.2) is 47.2 Å². The first kappa shape index (κ1) is 25.1. The van der Waals surface area contributed by atoms with E-state index in [4.69, 9.17) is 0 Å². The second kappa shape index (κ2) is 9.95. The van der Waals surface area contributed by atoms with Gasteiger partial charge < -0.3 is 9.47 Å². The molecule has 0 N–H and O–H groups in total. The highest BCUT2D eigenvalue weighted by molar-refractivity contribution is 7.89. The van der Waals surface area contributed by atoms with Gasteiger partial charge in [0, 0.05) is 31.0 Å². The zero-order valence-electron chi connectivity index (χ0n) is 20.6. The zero-order chi connectivity index (χ0) is 25.3. The summed E-state index contributed by atoms with van der Waals surface area (Å²) in [7, 11) is -3.98. The van der Waals surface area contributed by atoms with Gasteiger partial charge in [-0.15, -0.1) is 0 Å². The first-order valence-electron chi connectivity index (χ1n) is 11.9. The summed E-state index contributed by atoms with van der Waals surface area (Å²) in [6.07, 6.45) is 2.01. The predicted molar refractivity (Wildman–Crippen MR) is 134 cm³/mol. The van der Waals surface area contributed by atoms with E-state index < -0.39 is 21.9 Å². The van der Waals surface area contributed by atoms with Gasteiger partial charge in [-0.3, -0.25) is 4.79 Å². The third-order valence-corrected chi connectivity index (χ3v) is 8.60. The topological polar surface area (TPSA) is 62.6 Å². The quantitative estimate of drug-likeness (QED) is 0.472. The third-order valence-electron chi connectivity index (χ3n) is 6.56. The first-order valence-corrected chi connectivity index (χ1v) is 13.4. The van der Waals surface area contributed by atoms with Gasteiger partial charge in [0.05, 0.1) is 17.5 Å². The molecule has 1 aromatic heterocycles. The zero-order valence-corrected chi connectivity index (χ0v) is 21.4. The van der Waals surface area contributed by atoms with Gasteiger partial charge >= 0.3 is 0 Å². The molecule has 2 heterocycles. The van der Waals surface area contributed by atoms with Crippen LogP contribution in [0.25, 0.3) is 0 Å². The summed E-state index contributed by atoms with van der Waals surface area (Å²) < 4.78 is 43.4. The van der Waals surface area contributed by atoms with Crippen molar-refractivity contribution in [1.29, 1.82) is 0 Å². The molecule has 1 atom stereocenters. The molecule has 0 saturated heterocycles. The summed E-state index contributed by atoms with van der Waals surface area (Å²) in [5, 5.41) is 0. The third kappa shape index (κ3) is 5.04. The second-order valence-electron chi connectivity index (χ2n) is 9.54. The van der Waals surface area contributed by atoms with Crippen LogP contribution in [0.1, 0.15) is 56.5 Å². The molecule has 0 bridgehead atoms. The molecular formula is C27H32FN3O3S. The molecule has 0 radical (unpaired) electrons. The van der Waals surface area contributed by atoms with Crippen molar-refractivity contribution in [3.8, 4) is 0 Å². The lowest BCUT2D eigenvalue weighted by atomic mass is 9.95. The van der Waals surface area contributed by atoms with Gasteiger partial charge in [0.2, 0.25) is 15.9 Å². The fourth-order valence-corrected chi connectivity index (χ4v) is 6.16. The van der Waals surface area contributed by atoms with Gasteiger partial charge in [-0.25, -0.2) is 12.8 Å². The van der Waals surface area contributed by atoms with Crippen molar-refractivity contribution in [3.05, 3.63) is 89.5 Å². The Hall–Kier alpha value is -2.97. The highest BCUT2D eigenvalue weighted by Gasteiger charge is 2.36. The van der Waals surface area contributed by atoms with Gasteiger partial charge in [-0.1, -0.05) is 38.1 Å². The minimum Gasteiger partial charge on any atom is -0.348 e. The van der Waals surface area contributed by atoms with E-state index >= 15 is 0 Å². The highest BCUT2D eigenvalue weighted by atomic mass is 32.2. The summed E-state index contributed by atoms with van der Waals surface area (Å²) in [4.78, 5) is 15.4. The van der Waals surface area contributed by atoms with Gasteiger partial charge in [-0.05, 0) is 67.3 Å². The van der Waals surface area contributed by atoms with Gasteiger partial charge in [-0.2, -0.15) is 4.31 Å². The predicted octanol–water partition coefficient (Wildman–Crippen LogP) is 4.78. The van der Waals surface area contributed by atoms with Crippen LogP contribution in [0.2, 0.25) is 0 Å². The Balaban J connectivity index is 1.66. The molecule has 3 aromatic rings. The Bertz CT molecular complexity index is 1280. The van der Waals surface area contributed by atoms with E-state index in [-0.39, 0.29) is 23.4 Å². The number of sulfonamides is 1. The summed E-state index contributed by atoms with van der Waals surface area (Å²) >= 11 is 0. The van der Waals surface area contributed by atoms with Crippen molar-refractivity contribution >= 4 is 15.9 Å². The molecule has 6 nitrogen and oxygen atoms in total. The summed E-state index contributed by atoms with van der Waals surface area (Å²) in [5.74, 6) is -0.387. The smallest absolute Gasteiger partial charge is 0.243 e. The Morgan fingerprint density at radius 1 is 1.00 bits per heavy atom. The number of hydrogen-bond donors (Lipinski definition) is 0. The Kier molecular flexibility index (Phi) is 7.15. The van der Waals surface area contributed by atoms with Crippen LogP contribution in [0.5, 0.6) is 0 Å². The minimum atomic E-state index is -3.98. The maximum atomic E-state index is 13.7. The Morgan fingerprint density at radius 3 is 2.26 bits per heavy atom. The van der Waals surface area contributed by atoms with Crippen LogP contribution in [0.15, 0.2) is 71.8 Å². The number of benzene rings is 2. The number of fused-ring (bicyclic) bond motifs is 1. The van der Waals surface area contributed by atoms with E-state index in [0.29, 0.717) is 19.0 Å². The van der Waals surface area contributed by atoms with Gasteiger partial charge in [0.25, 0.3) is 0 Å². The van der Waals surface area contributed by atoms with Crippen molar-refractivity contribution in [3.63, 3.8) is 0 Å². The maximum absolute atomic E-state index is 13.7. The normalized spacial score (nSPS) is 16.2. The van der Waals surface area contributed by atoms with Crippen LogP contribution in [0.3, 0.4) is 0 Å². The fourth-order valence-electron chi connectivity index (χ4n) is 4.58. The largest absolute Gasteiger partial charge is 0.348 e. The SMILES string of the molecule is CC(C)c1ccc(C2c3cccn3CCN2C(=O)CN(C(C)C)S(=O)(=O)c2ccc(F)cc2)cc1. The van der Waals surface area contributed by atoms with Crippen molar-refractivity contribution in [1.82, 2.24) is 13.8 Å². The van der Waals surface area contributed by atoms with Crippen LogP contribution < -0.4 is 0 Å². The average molecular weight is 498 g/mol. The van der Waals surface area contributed by atoms with E-state index in [1.54, 1.807) is 18.7 Å². The number of nitrogens with zero attached hydrogens (tertiary/aromatic N) is 3. The number of amides is 1. The fraction of sp³-hybridized carbons (Fsp3) is 0.370. The molecule has 0 spiro atoms. The lowest BCUT2D eigenvalue weighted by molar-refractivity contribution is -0.134. The van der Waals surface area contributed by atoms with Crippen LogP contribution >= 0.6 is 0 Å². The van der Waals surface area contributed by atoms with Gasteiger partial charge in [0.15, 0.2) is 0 Å². The van der Waals surface area contributed by atoms with Gasteiger partial charge in [0.1, 0.15) is 5.82 Å². The number of carbonyl (C=O) groups excluding carboxylic acids is 1. The number of hydrogen-bond acceptors (Lipinski definition) is 3. The number of carbonyl (C=O) groups is 1. The highest BCUT2D eigenvalue weighted by Crippen LogP contribution is 2.33. The lowest BCUT2D eigenvalue weighted by Crippen LogP contribution is -2.49. The molecule has 1 aliphatic rings. The number of aromatic nitrogens is 1. The molecule has 0 fully saturated rings. The molecule has 35 heavy (non-hydrogen) atoms. The summed E-state index contributed by atoms with van der Waals surface area (Å²) in [5.41, 5.74) is 3.20. The van der Waals surface area contributed by atoms with E-state index in [0.717, 1.165) is 23.4 Å². The maximum Gasteiger partial charge on any atom is 0.243 e. The number of halogens is 1. The van der Waals surface area contributed by atoms with Crippen molar-refractivity contribution in [2.24, 2.45) is 0 Å². The van der Waals surface area contributed by atoms with Crippen LogP contribution in [0, 0.1) is 5.82 Å².